The van der Waals surface area contributed by atoms with Crippen molar-refractivity contribution in [2.45, 2.75) is 13.3 Å². The number of nitrogens with one attached hydrogen (secondary N) is 2. The maximum atomic E-state index is 11.7. The molecular weight excluding hydrogens is 280 g/mol. The van der Waals surface area contributed by atoms with Crippen molar-refractivity contribution in [1.29, 1.82) is 0 Å². The maximum absolute atomic E-state index is 11.7. The average Bonchev–Trinajstić information content (AvgIpc) is 2.53. The van der Waals surface area contributed by atoms with Gasteiger partial charge in [-0.25, -0.2) is 0 Å². The molecule has 0 saturated carbocycles. The molecule has 0 aromatic heterocycles. The molecule has 0 spiro atoms. The normalized spacial score (nSPS) is 9.86. The standard InChI is InChI=1S/C17H18N2O3/c1-13-7-9-15(10-8-13)22-12-17(21)19-18-16(20)11-14-5-3-2-4-6-14/h2-10H,11-12H2,1H3,(H,18,20)(H,19,21). The molecular formula is C17H18N2O3. The molecule has 0 saturated heterocycles. The van der Waals surface area contributed by atoms with E-state index in [1.165, 1.54) is 0 Å². The van der Waals surface area contributed by atoms with E-state index >= 15 is 0 Å². The van der Waals surface area contributed by atoms with Crippen LogP contribution in [0.15, 0.2) is 54.6 Å². The van der Waals surface area contributed by atoms with Gasteiger partial charge in [0.25, 0.3) is 5.91 Å². The summed E-state index contributed by atoms with van der Waals surface area (Å²) in [5.41, 5.74) is 6.67. The van der Waals surface area contributed by atoms with Gasteiger partial charge in [-0.15, -0.1) is 0 Å². The van der Waals surface area contributed by atoms with Crippen molar-refractivity contribution in [2.24, 2.45) is 0 Å². The van der Waals surface area contributed by atoms with Crippen LogP contribution in [0.3, 0.4) is 0 Å². The Balaban J connectivity index is 1.69. The third-order valence-electron chi connectivity index (χ3n) is 2.94. The lowest BCUT2D eigenvalue weighted by Gasteiger charge is -2.09. The van der Waals surface area contributed by atoms with Gasteiger partial charge in [0.05, 0.1) is 6.42 Å². The van der Waals surface area contributed by atoms with Gasteiger partial charge in [-0.1, -0.05) is 48.0 Å². The largest absolute Gasteiger partial charge is 0.484 e. The monoisotopic (exact) mass is 298 g/mol. The van der Waals surface area contributed by atoms with Gasteiger partial charge < -0.3 is 4.74 Å². The zero-order valence-electron chi connectivity index (χ0n) is 12.3. The van der Waals surface area contributed by atoms with Crippen LogP contribution in [0, 0.1) is 6.92 Å². The van der Waals surface area contributed by atoms with Crippen LogP contribution in [0.5, 0.6) is 5.75 Å². The van der Waals surface area contributed by atoms with Gasteiger partial charge in [0, 0.05) is 0 Å². The van der Waals surface area contributed by atoms with Crippen molar-refractivity contribution in [2.75, 3.05) is 6.61 Å². The van der Waals surface area contributed by atoms with E-state index in [2.05, 4.69) is 10.9 Å². The maximum Gasteiger partial charge on any atom is 0.276 e. The predicted molar refractivity (Wildman–Crippen MR) is 83.1 cm³/mol. The number of ether oxygens (including phenoxy) is 1. The average molecular weight is 298 g/mol. The van der Waals surface area contributed by atoms with E-state index in [1.807, 2.05) is 49.4 Å². The van der Waals surface area contributed by atoms with Gasteiger partial charge in [-0.3, -0.25) is 20.4 Å². The third-order valence-corrected chi connectivity index (χ3v) is 2.94. The number of carbonyl (C=O) groups excluding carboxylic acids is 2. The minimum Gasteiger partial charge on any atom is -0.484 e. The highest BCUT2D eigenvalue weighted by atomic mass is 16.5. The molecule has 22 heavy (non-hydrogen) atoms. The van der Waals surface area contributed by atoms with Crippen LogP contribution >= 0.6 is 0 Å². The number of rotatable bonds is 5. The van der Waals surface area contributed by atoms with E-state index in [0.717, 1.165) is 11.1 Å². The molecule has 0 bridgehead atoms. The summed E-state index contributed by atoms with van der Waals surface area (Å²) in [6.07, 6.45) is 0.208. The summed E-state index contributed by atoms with van der Waals surface area (Å²) in [4.78, 5) is 23.3. The molecule has 0 unspecified atom stereocenters. The first-order valence-corrected chi connectivity index (χ1v) is 6.94. The predicted octanol–water partition coefficient (Wildman–Crippen LogP) is 1.76. The molecule has 0 radical (unpaired) electrons. The lowest BCUT2D eigenvalue weighted by Crippen LogP contribution is -2.44. The molecule has 0 aliphatic rings. The number of hydrazine groups is 1. The second kappa shape index (κ2) is 7.83. The number of hydrogen-bond acceptors (Lipinski definition) is 3. The number of benzene rings is 2. The van der Waals surface area contributed by atoms with Gasteiger partial charge in [0.15, 0.2) is 6.61 Å². The molecule has 5 nitrogen and oxygen atoms in total. The summed E-state index contributed by atoms with van der Waals surface area (Å²) in [5.74, 6) is -0.0896. The number of hydrogen-bond donors (Lipinski definition) is 2. The first-order chi connectivity index (χ1) is 10.6. The molecule has 114 valence electrons. The molecule has 2 aromatic rings. The quantitative estimate of drug-likeness (QED) is 0.827. The highest BCUT2D eigenvalue weighted by molar-refractivity contribution is 5.83. The molecule has 2 rings (SSSR count). The molecule has 2 N–H and O–H groups in total. The Morgan fingerprint density at radius 1 is 0.909 bits per heavy atom. The molecule has 2 amide bonds. The highest BCUT2D eigenvalue weighted by Crippen LogP contribution is 2.10. The molecule has 5 heteroatoms. The minimum absolute atomic E-state index is 0.158. The smallest absolute Gasteiger partial charge is 0.276 e. The highest BCUT2D eigenvalue weighted by Gasteiger charge is 2.06. The zero-order chi connectivity index (χ0) is 15.8. The van der Waals surface area contributed by atoms with E-state index in [4.69, 9.17) is 4.74 Å². The first-order valence-electron chi connectivity index (χ1n) is 6.94. The SMILES string of the molecule is Cc1ccc(OCC(=O)NNC(=O)Cc2ccccc2)cc1. The van der Waals surface area contributed by atoms with Crippen molar-refractivity contribution in [3.8, 4) is 5.75 Å². The summed E-state index contributed by atoms with van der Waals surface area (Å²) in [7, 11) is 0. The molecule has 0 heterocycles. The molecule has 0 aliphatic carbocycles. The van der Waals surface area contributed by atoms with Crippen molar-refractivity contribution < 1.29 is 14.3 Å². The fourth-order valence-corrected chi connectivity index (χ4v) is 1.78. The van der Waals surface area contributed by atoms with Crippen LogP contribution in [-0.2, 0) is 16.0 Å². The minimum atomic E-state index is -0.415. The Bertz CT molecular complexity index is 624. The van der Waals surface area contributed by atoms with E-state index in [1.54, 1.807) is 12.1 Å². The van der Waals surface area contributed by atoms with Crippen LogP contribution in [0.4, 0.5) is 0 Å². The molecule has 0 aliphatic heterocycles. The lowest BCUT2D eigenvalue weighted by atomic mass is 10.1. The van der Waals surface area contributed by atoms with Gasteiger partial charge in [-0.2, -0.15) is 0 Å². The van der Waals surface area contributed by atoms with Crippen molar-refractivity contribution in [1.82, 2.24) is 10.9 Å². The second-order valence-corrected chi connectivity index (χ2v) is 4.86. The van der Waals surface area contributed by atoms with E-state index in [-0.39, 0.29) is 18.9 Å². The van der Waals surface area contributed by atoms with Crippen molar-refractivity contribution >= 4 is 11.8 Å². The second-order valence-electron chi connectivity index (χ2n) is 4.86. The van der Waals surface area contributed by atoms with Gasteiger partial charge in [-0.05, 0) is 24.6 Å². The van der Waals surface area contributed by atoms with Crippen LogP contribution in [0.1, 0.15) is 11.1 Å². The summed E-state index contributed by atoms with van der Waals surface area (Å²) in [6, 6.07) is 16.7. The summed E-state index contributed by atoms with van der Waals surface area (Å²) in [6.45, 7) is 1.81. The molecule has 2 aromatic carbocycles. The van der Waals surface area contributed by atoms with Gasteiger partial charge in [0.1, 0.15) is 5.75 Å². The van der Waals surface area contributed by atoms with E-state index in [9.17, 15) is 9.59 Å². The Hall–Kier alpha value is -2.82. The van der Waals surface area contributed by atoms with Gasteiger partial charge >= 0.3 is 0 Å². The summed E-state index contributed by atoms with van der Waals surface area (Å²) in [5, 5.41) is 0. The van der Waals surface area contributed by atoms with Gasteiger partial charge in [0.2, 0.25) is 5.91 Å². The van der Waals surface area contributed by atoms with E-state index < -0.39 is 5.91 Å². The first kappa shape index (κ1) is 15.6. The van der Waals surface area contributed by atoms with E-state index in [0.29, 0.717) is 5.75 Å². The van der Waals surface area contributed by atoms with Crippen LogP contribution in [0.25, 0.3) is 0 Å². The van der Waals surface area contributed by atoms with Crippen LogP contribution in [0.2, 0.25) is 0 Å². The zero-order valence-corrected chi connectivity index (χ0v) is 12.3. The van der Waals surface area contributed by atoms with Crippen LogP contribution < -0.4 is 15.6 Å². The molecule has 0 atom stereocenters. The number of carbonyl (C=O) groups is 2. The lowest BCUT2D eigenvalue weighted by molar-refractivity contribution is -0.129. The number of amides is 2. The van der Waals surface area contributed by atoms with Crippen LogP contribution in [-0.4, -0.2) is 18.4 Å². The third kappa shape index (κ3) is 5.28. The molecule has 0 fully saturated rings. The Morgan fingerprint density at radius 2 is 1.55 bits per heavy atom. The fourth-order valence-electron chi connectivity index (χ4n) is 1.78. The summed E-state index contributed by atoms with van der Waals surface area (Å²) >= 11 is 0. The topological polar surface area (TPSA) is 67.4 Å². The Kier molecular flexibility index (Phi) is 5.54. The Labute approximate surface area is 129 Å². The van der Waals surface area contributed by atoms with Crippen molar-refractivity contribution in [3.05, 3.63) is 65.7 Å². The number of aryl methyl sites for hydroxylation is 1. The van der Waals surface area contributed by atoms with Crippen molar-refractivity contribution in [3.63, 3.8) is 0 Å². The fraction of sp³-hybridized carbons (Fsp3) is 0.176. The Morgan fingerprint density at radius 3 is 2.23 bits per heavy atom. The summed E-state index contributed by atoms with van der Waals surface area (Å²) < 4.78 is 5.31.